The fourth-order valence-electron chi connectivity index (χ4n) is 2.22. The quantitative estimate of drug-likeness (QED) is 0.870. The molecule has 0 aliphatic heterocycles. The van der Waals surface area contributed by atoms with Crippen LogP contribution in [-0.2, 0) is 10.0 Å². The Bertz CT molecular complexity index is 908. The molecule has 0 aliphatic carbocycles. The van der Waals surface area contributed by atoms with Gasteiger partial charge in [-0.25, -0.2) is 13.1 Å². The highest BCUT2D eigenvalue weighted by atomic mass is 35.5. The normalized spacial score (nSPS) is 11.4. The van der Waals surface area contributed by atoms with Crippen molar-refractivity contribution in [2.45, 2.75) is 25.7 Å². The van der Waals surface area contributed by atoms with Crippen LogP contribution in [0.25, 0.3) is 0 Å². The van der Waals surface area contributed by atoms with Crippen molar-refractivity contribution in [3.05, 3.63) is 57.6 Å². The van der Waals surface area contributed by atoms with Gasteiger partial charge in [0.2, 0.25) is 10.0 Å². The van der Waals surface area contributed by atoms with Crippen LogP contribution in [0.15, 0.2) is 35.2 Å². The lowest BCUT2D eigenvalue weighted by Gasteiger charge is -2.13. The first-order chi connectivity index (χ1) is 11.2. The molecule has 24 heavy (non-hydrogen) atoms. The molecule has 0 atom stereocenters. The topological polar surface area (TPSA) is 75.3 Å². The summed E-state index contributed by atoms with van der Waals surface area (Å²) in [6.45, 7) is 5.34. The van der Waals surface area contributed by atoms with E-state index in [-0.39, 0.29) is 10.5 Å². The Kier molecular flexibility index (Phi) is 5.32. The lowest BCUT2D eigenvalue weighted by molar-refractivity contribution is 0.102. The van der Waals surface area contributed by atoms with Crippen LogP contribution < -0.4 is 10.0 Å². The summed E-state index contributed by atoms with van der Waals surface area (Å²) in [6.07, 6.45) is 0. The van der Waals surface area contributed by atoms with Gasteiger partial charge in [0.15, 0.2) is 0 Å². The fraction of sp³-hybridized carbons (Fsp3) is 0.235. The average Bonchev–Trinajstić information content (AvgIpc) is 2.53. The largest absolute Gasteiger partial charge is 0.322 e. The standard InChI is InChI=1S/C17H19ClN2O3S/c1-10-5-6-14(9-15(10)18)20-17(21)13-7-11(2)12(3)16(8-13)24(22,23)19-4/h5-9,19H,1-4H3,(H,20,21). The van der Waals surface area contributed by atoms with E-state index >= 15 is 0 Å². The van der Waals surface area contributed by atoms with Gasteiger partial charge in [0.05, 0.1) is 4.90 Å². The number of anilines is 1. The lowest BCUT2D eigenvalue weighted by atomic mass is 10.1. The van der Waals surface area contributed by atoms with E-state index in [2.05, 4.69) is 10.0 Å². The third-order valence-electron chi connectivity index (χ3n) is 3.87. The highest BCUT2D eigenvalue weighted by Crippen LogP contribution is 2.23. The van der Waals surface area contributed by atoms with Crippen molar-refractivity contribution in [1.29, 1.82) is 0 Å². The summed E-state index contributed by atoms with van der Waals surface area (Å²) in [6, 6.07) is 8.23. The zero-order valence-corrected chi connectivity index (χ0v) is 15.5. The molecule has 0 spiro atoms. The minimum atomic E-state index is -3.64. The highest BCUT2D eigenvalue weighted by molar-refractivity contribution is 7.89. The molecule has 0 bridgehead atoms. The molecule has 2 N–H and O–H groups in total. The van der Waals surface area contributed by atoms with Crippen molar-refractivity contribution in [2.24, 2.45) is 0 Å². The Morgan fingerprint density at radius 3 is 2.29 bits per heavy atom. The SMILES string of the molecule is CNS(=O)(=O)c1cc(C(=O)Nc2ccc(C)c(Cl)c2)cc(C)c1C. The summed E-state index contributed by atoms with van der Waals surface area (Å²) in [5, 5.41) is 3.28. The molecule has 0 saturated heterocycles. The van der Waals surface area contributed by atoms with Crippen molar-refractivity contribution in [2.75, 3.05) is 12.4 Å². The van der Waals surface area contributed by atoms with Gasteiger partial charge in [0.1, 0.15) is 0 Å². The van der Waals surface area contributed by atoms with Crippen molar-refractivity contribution in [3.63, 3.8) is 0 Å². The molecule has 0 aromatic heterocycles. The molecule has 2 aromatic carbocycles. The number of amides is 1. The van der Waals surface area contributed by atoms with Gasteiger partial charge in [0, 0.05) is 16.3 Å². The van der Waals surface area contributed by atoms with Crippen molar-refractivity contribution in [3.8, 4) is 0 Å². The maximum atomic E-state index is 12.5. The molecule has 2 aromatic rings. The molecule has 128 valence electrons. The predicted molar refractivity (Wildman–Crippen MR) is 96.3 cm³/mol. The summed E-state index contributed by atoms with van der Waals surface area (Å²) in [5.74, 6) is -0.398. The highest BCUT2D eigenvalue weighted by Gasteiger charge is 2.19. The molecule has 0 radical (unpaired) electrons. The van der Waals surface area contributed by atoms with Crippen LogP contribution in [0.2, 0.25) is 5.02 Å². The molecule has 0 unspecified atom stereocenters. The maximum Gasteiger partial charge on any atom is 0.255 e. The van der Waals surface area contributed by atoms with Gasteiger partial charge in [0.25, 0.3) is 5.91 Å². The van der Waals surface area contributed by atoms with E-state index in [1.807, 2.05) is 6.92 Å². The number of sulfonamides is 1. The van der Waals surface area contributed by atoms with Crippen LogP contribution in [-0.4, -0.2) is 21.4 Å². The van der Waals surface area contributed by atoms with Crippen LogP contribution in [0.3, 0.4) is 0 Å². The molecule has 0 aliphatic rings. The Morgan fingerprint density at radius 1 is 1.04 bits per heavy atom. The lowest BCUT2D eigenvalue weighted by Crippen LogP contribution is -2.21. The molecule has 2 rings (SSSR count). The second-order valence-electron chi connectivity index (χ2n) is 5.54. The van der Waals surface area contributed by atoms with Gasteiger partial charge < -0.3 is 5.32 Å². The van der Waals surface area contributed by atoms with E-state index in [0.717, 1.165) is 11.1 Å². The molecule has 7 heteroatoms. The number of nitrogens with one attached hydrogen (secondary N) is 2. The average molecular weight is 367 g/mol. The molecule has 5 nitrogen and oxygen atoms in total. The van der Waals surface area contributed by atoms with E-state index < -0.39 is 15.9 Å². The summed E-state index contributed by atoms with van der Waals surface area (Å²) in [5.41, 5.74) is 3.05. The molecule has 0 heterocycles. The van der Waals surface area contributed by atoms with Gasteiger partial charge in [-0.3, -0.25) is 4.79 Å². The van der Waals surface area contributed by atoms with Crippen molar-refractivity contribution < 1.29 is 13.2 Å². The molecule has 0 saturated carbocycles. The Labute approximate surface area is 147 Å². The molecule has 1 amide bonds. The number of rotatable bonds is 4. The van der Waals surface area contributed by atoms with E-state index in [9.17, 15) is 13.2 Å². The van der Waals surface area contributed by atoms with Crippen molar-refractivity contribution >= 4 is 33.2 Å². The zero-order chi connectivity index (χ0) is 18.1. The summed E-state index contributed by atoms with van der Waals surface area (Å²) < 4.78 is 26.5. The van der Waals surface area contributed by atoms with Crippen LogP contribution >= 0.6 is 11.6 Å². The second kappa shape index (κ2) is 6.93. The molecular formula is C17H19ClN2O3S. The smallest absolute Gasteiger partial charge is 0.255 e. The first-order valence-electron chi connectivity index (χ1n) is 7.28. The zero-order valence-electron chi connectivity index (χ0n) is 13.9. The van der Waals surface area contributed by atoms with Gasteiger partial charge in [-0.15, -0.1) is 0 Å². The molecule has 0 fully saturated rings. The molecular weight excluding hydrogens is 348 g/mol. The van der Waals surface area contributed by atoms with Gasteiger partial charge >= 0.3 is 0 Å². The first kappa shape index (κ1) is 18.4. The number of halogens is 1. The maximum absolute atomic E-state index is 12.5. The van der Waals surface area contributed by atoms with E-state index in [4.69, 9.17) is 11.6 Å². The number of hydrogen-bond donors (Lipinski definition) is 2. The van der Waals surface area contributed by atoms with Gasteiger partial charge in [-0.1, -0.05) is 17.7 Å². The van der Waals surface area contributed by atoms with Gasteiger partial charge in [-0.05, 0) is 68.8 Å². The van der Waals surface area contributed by atoms with Crippen molar-refractivity contribution in [1.82, 2.24) is 4.72 Å². The number of carbonyl (C=O) groups is 1. The Balaban J connectivity index is 2.41. The minimum Gasteiger partial charge on any atom is -0.322 e. The third kappa shape index (κ3) is 3.77. The Morgan fingerprint density at radius 2 is 1.71 bits per heavy atom. The van der Waals surface area contributed by atoms with E-state index in [1.165, 1.54) is 13.1 Å². The van der Waals surface area contributed by atoms with Crippen LogP contribution in [0.1, 0.15) is 27.0 Å². The van der Waals surface area contributed by atoms with Crippen LogP contribution in [0.4, 0.5) is 5.69 Å². The first-order valence-corrected chi connectivity index (χ1v) is 9.14. The fourth-order valence-corrected chi connectivity index (χ4v) is 3.47. The van der Waals surface area contributed by atoms with E-state index in [0.29, 0.717) is 16.3 Å². The number of hydrogen-bond acceptors (Lipinski definition) is 3. The summed E-state index contributed by atoms with van der Waals surface area (Å²) >= 11 is 6.05. The number of carbonyl (C=O) groups excluding carboxylic acids is 1. The monoisotopic (exact) mass is 366 g/mol. The third-order valence-corrected chi connectivity index (χ3v) is 5.82. The van der Waals surface area contributed by atoms with Gasteiger partial charge in [-0.2, -0.15) is 0 Å². The summed E-state index contributed by atoms with van der Waals surface area (Å²) in [4.78, 5) is 12.6. The van der Waals surface area contributed by atoms with E-state index in [1.54, 1.807) is 38.1 Å². The number of benzene rings is 2. The predicted octanol–water partition coefficient (Wildman–Crippen LogP) is 3.43. The second-order valence-corrected chi connectivity index (χ2v) is 7.80. The van der Waals surface area contributed by atoms with Crippen LogP contribution in [0, 0.1) is 20.8 Å². The van der Waals surface area contributed by atoms with Crippen LogP contribution in [0.5, 0.6) is 0 Å². The minimum absolute atomic E-state index is 0.0945. The Hall–Kier alpha value is -1.89. The summed E-state index contributed by atoms with van der Waals surface area (Å²) in [7, 11) is -2.31. The number of aryl methyl sites for hydroxylation is 2.